The fraction of sp³-hybridized carbons (Fsp3) is 1.00. The van der Waals surface area contributed by atoms with E-state index in [-0.39, 0.29) is 0 Å². The van der Waals surface area contributed by atoms with Gasteiger partial charge in [-0.05, 0) is 38.0 Å². The molecule has 0 heterocycles. The maximum Gasteiger partial charge on any atom is 0.0651 e. The van der Waals surface area contributed by atoms with Gasteiger partial charge in [-0.3, -0.25) is 0 Å². The van der Waals surface area contributed by atoms with Crippen molar-refractivity contribution in [2.45, 2.75) is 70.4 Å². The molecule has 1 fully saturated rings. The van der Waals surface area contributed by atoms with Crippen LogP contribution in [0.1, 0.15) is 58.8 Å². The smallest absolute Gasteiger partial charge is 0.0651 e. The Labute approximate surface area is 87.9 Å². The van der Waals surface area contributed by atoms with Crippen molar-refractivity contribution in [2.75, 3.05) is 0 Å². The zero-order chi connectivity index (χ0) is 10.6. The first kappa shape index (κ1) is 12.0. The summed E-state index contributed by atoms with van der Waals surface area (Å²) in [6, 6.07) is 0.331. The zero-order valence-corrected chi connectivity index (χ0v) is 9.63. The predicted molar refractivity (Wildman–Crippen MR) is 60.1 cm³/mol. The minimum absolute atomic E-state index is 0.331. The lowest BCUT2D eigenvalue weighted by atomic mass is 9.76. The van der Waals surface area contributed by atoms with Gasteiger partial charge in [-0.2, -0.15) is 0 Å². The van der Waals surface area contributed by atoms with Gasteiger partial charge in [0.15, 0.2) is 0 Å². The number of aliphatic hydroxyl groups is 1. The molecule has 0 aromatic heterocycles. The number of hydrogen-bond donors (Lipinski definition) is 2. The molecule has 0 aromatic carbocycles. The summed E-state index contributed by atoms with van der Waals surface area (Å²) in [7, 11) is 0. The first-order valence-electron chi connectivity index (χ1n) is 6.07. The zero-order valence-electron chi connectivity index (χ0n) is 9.63. The van der Waals surface area contributed by atoms with E-state index in [9.17, 15) is 5.11 Å². The van der Waals surface area contributed by atoms with Crippen molar-refractivity contribution < 1.29 is 5.11 Å². The summed E-state index contributed by atoms with van der Waals surface area (Å²) in [4.78, 5) is 0. The Kier molecular flexibility index (Phi) is 4.39. The van der Waals surface area contributed by atoms with Crippen LogP contribution in [0.25, 0.3) is 0 Å². The molecule has 84 valence electrons. The van der Waals surface area contributed by atoms with Gasteiger partial charge in [-0.25, -0.2) is 0 Å². The summed E-state index contributed by atoms with van der Waals surface area (Å²) >= 11 is 0. The molecule has 0 amide bonds. The van der Waals surface area contributed by atoms with Crippen LogP contribution in [0.3, 0.4) is 0 Å². The van der Waals surface area contributed by atoms with E-state index < -0.39 is 5.60 Å². The van der Waals surface area contributed by atoms with E-state index in [2.05, 4.69) is 13.8 Å². The molecule has 0 saturated heterocycles. The van der Waals surface area contributed by atoms with E-state index in [1.54, 1.807) is 0 Å². The highest BCUT2D eigenvalue weighted by Gasteiger charge is 2.33. The lowest BCUT2D eigenvalue weighted by Crippen LogP contribution is -2.40. The van der Waals surface area contributed by atoms with Gasteiger partial charge in [-0.1, -0.05) is 26.7 Å². The van der Waals surface area contributed by atoms with Gasteiger partial charge in [0.05, 0.1) is 5.60 Å². The molecule has 0 atom stereocenters. The maximum atomic E-state index is 10.4. The van der Waals surface area contributed by atoms with Crippen LogP contribution in [0.2, 0.25) is 0 Å². The van der Waals surface area contributed by atoms with E-state index in [0.717, 1.165) is 32.1 Å². The fourth-order valence-electron chi connectivity index (χ4n) is 2.50. The summed E-state index contributed by atoms with van der Waals surface area (Å²) in [5.74, 6) is 0.689. The van der Waals surface area contributed by atoms with Gasteiger partial charge < -0.3 is 10.8 Å². The summed E-state index contributed by atoms with van der Waals surface area (Å²) < 4.78 is 0. The van der Waals surface area contributed by atoms with Gasteiger partial charge in [0.25, 0.3) is 0 Å². The van der Waals surface area contributed by atoms with Crippen molar-refractivity contribution >= 4 is 0 Å². The second-order valence-corrected chi connectivity index (χ2v) is 4.95. The summed E-state index contributed by atoms with van der Waals surface area (Å²) in [5.41, 5.74) is 5.44. The third-order valence-corrected chi connectivity index (χ3v) is 3.78. The minimum Gasteiger partial charge on any atom is -0.390 e. The SMILES string of the molecule is CCC(CC)CC1(O)CCC(N)CC1. The standard InChI is InChI=1S/C12H25NO/c1-3-10(4-2)9-12(14)7-5-11(13)6-8-12/h10-11,14H,3-9,13H2,1-2H3. The van der Waals surface area contributed by atoms with Crippen LogP contribution >= 0.6 is 0 Å². The Bertz CT molecular complexity index is 158. The molecular formula is C12H25NO. The summed E-state index contributed by atoms with van der Waals surface area (Å²) in [5, 5.41) is 10.4. The van der Waals surface area contributed by atoms with E-state index in [0.29, 0.717) is 12.0 Å². The lowest BCUT2D eigenvalue weighted by molar-refractivity contribution is -0.0222. The monoisotopic (exact) mass is 199 g/mol. The second kappa shape index (κ2) is 5.13. The molecule has 2 heteroatoms. The molecule has 0 spiro atoms. The highest BCUT2D eigenvalue weighted by atomic mass is 16.3. The fourth-order valence-corrected chi connectivity index (χ4v) is 2.50. The van der Waals surface area contributed by atoms with E-state index in [4.69, 9.17) is 5.73 Å². The normalized spacial score (nSPS) is 33.6. The van der Waals surface area contributed by atoms with Crippen LogP contribution in [0.15, 0.2) is 0 Å². The van der Waals surface area contributed by atoms with Crippen molar-refractivity contribution in [3.05, 3.63) is 0 Å². The molecule has 1 saturated carbocycles. The second-order valence-electron chi connectivity index (χ2n) is 4.95. The average Bonchev–Trinajstić information content (AvgIpc) is 2.20. The van der Waals surface area contributed by atoms with Crippen molar-refractivity contribution in [3.8, 4) is 0 Å². The molecule has 3 N–H and O–H groups in total. The molecule has 1 aliphatic carbocycles. The summed E-state index contributed by atoms with van der Waals surface area (Å²) in [6.07, 6.45) is 7.16. The molecule has 1 rings (SSSR count). The number of rotatable bonds is 4. The van der Waals surface area contributed by atoms with Crippen LogP contribution in [-0.2, 0) is 0 Å². The quantitative estimate of drug-likeness (QED) is 0.730. The largest absolute Gasteiger partial charge is 0.390 e. The molecule has 2 nitrogen and oxygen atoms in total. The summed E-state index contributed by atoms with van der Waals surface area (Å²) in [6.45, 7) is 4.43. The van der Waals surface area contributed by atoms with Crippen LogP contribution in [0.4, 0.5) is 0 Å². The van der Waals surface area contributed by atoms with Crippen LogP contribution in [0.5, 0.6) is 0 Å². The minimum atomic E-state index is -0.396. The lowest BCUT2D eigenvalue weighted by Gasteiger charge is -2.37. The third kappa shape index (κ3) is 3.25. The van der Waals surface area contributed by atoms with E-state index in [1.165, 1.54) is 12.8 Å². The molecule has 0 bridgehead atoms. The van der Waals surface area contributed by atoms with E-state index >= 15 is 0 Å². The number of hydrogen-bond acceptors (Lipinski definition) is 2. The van der Waals surface area contributed by atoms with Crippen LogP contribution in [-0.4, -0.2) is 16.7 Å². The predicted octanol–water partition coefficient (Wildman–Crippen LogP) is 2.45. The van der Waals surface area contributed by atoms with E-state index in [1.807, 2.05) is 0 Å². The maximum absolute atomic E-state index is 10.4. The van der Waals surface area contributed by atoms with Crippen molar-refractivity contribution in [1.82, 2.24) is 0 Å². The Morgan fingerprint density at radius 1 is 1.29 bits per heavy atom. The number of nitrogens with two attached hydrogens (primary N) is 1. The topological polar surface area (TPSA) is 46.2 Å². The Hall–Kier alpha value is -0.0800. The first-order chi connectivity index (χ1) is 6.59. The van der Waals surface area contributed by atoms with Gasteiger partial charge in [0.2, 0.25) is 0 Å². The molecule has 0 aromatic rings. The molecule has 0 aliphatic heterocycles. The molecule has 0 unspecified atom stereocenters. The highest BCUT2D eigenvalue weighted by Crippen LogP contribution is 2.34. The molecular weight excluding hydrogens is 174 g/mol. The van der Waals surface area contributed by atoms with Crippen molar-refractivity contribution in [3.63, 3.8) is 0 Å². The highest BCUT2D eigenvalue weighted by molar-refractivity contribution is 4.88. The Morgan fingerprint density at radius 3 is 2.21 bits per heavy atom. The van der Waals surface area contributed by atoms with Crippen molar-refractivity contribution in [1.29, 1.82) is 0 Å². The first-order valence-corrected chi connectivity index (χ1v) is 6.07. The van der Waals surface area contributed by atoms with Crippen LogP contribution < -0.4 is 5.73 Å². The molecule has 1 aliphatic rings. The Morgan fingerprint density at radius 2 is 1.79 bits per heavy atom. The molecule has 0 radical (unpaired) electrons. The Balaban J connectivity index is 2.41. The molecule has 14 heavy (non-hydrogen) atoms. The van der Waals surface area contributed by atoms with Gasteiger partial charge in [-0.15, -0.1) is 0 Å². The van der Waals surface area contributed by atoms with Crippen molar-refractivity contribution in [2.24, 2.45) is 11.7 Å². The van der Waals surface area contributed by atoms with Crippen LogP contribution in [0, 0.1) is 5.92 Å². The van der Waals surface area contributed by atoms with Gasteiger partial charge in [0, 0.05) is 6.04 Å². The average molecular weight is 199 g/mol. The van der Waals surface area contributed by atoms with Gasteiger partial charge >= 0.3 is 0 Å². The van der Waals surface area contributed by atoms with Gasteiger partial charge in [0.1, 0.15) is 0 Å². The third-order valence-electron chi connectivity index (χ3n) is 3.78.